The molecule has 0 bridgehead atoms. The van der Waals surface area contributed by atoms with Crippen molar-refractivity contribution in [1.29, 1.82) is 0 Å². The predicted octanol–water partition coefficient (Wildman–Crippen LogP) is 2.25. The lowest BCUT2D eigenvalue weighted by atomic mass is 9.98. The van der Waals surface area contributed by atoms with Crippen molar-refractivity contribution in [2.45, 2.75) is 31.6 Å². The number of nitrogens with one attached hydrogen (secondary N) is 1. The topological polar surface area (TPSA) is 41.5 Å². The van der Waals surface area contributed by atoms with Crippen LogP contribution in [-0.4, -0.2) is 30.5 Å². The fraction of sp³-hybridized carbons (Fsp3) is 0.571. The van der Waals surface area contributed by atoms with Crippen molar-refractivity contribution < 1.29 is 23.0 Å². The molecule has 20 heavy (non-hydrogen) atoms. The molecule has 1 fully saturated rings. The monoisotopic (exact) mass is 289 g/mol. The molecule has 0 amide bonds. The van der Waals surface area contributed by atoms with E-state index in [0.29, 0.717) is 31.7 Å². The third-order valence-corrected chi connectivity index (χ3v) is 3.73. The van der Waals surface area contributed by atoms with Crippen LogP contribution >= 0.6 is 0 Å². The van der Waals surface area contributed by atoms with Crippen LogP contribution in [0.4, 0.5) is 13.2 Å². The summed E-state index contributed by atoms with van der Waals surface area (Å²) >= 11 is 0. The summed E-state index contributed by atoms with van der Waals surface area (Å²) in [4.78, 5) is 0. The first-order valence-electron chi connectivity index (χ1n) is 6.47. The molecule has 2 rings (SSSR count). The smallest absolute Gasteiger partial charge is 0.394 e. The van der Waals surface area contributed by atoms with Gasteiger partial charge in [0.15, 0.2) is 0 Å². The van der Waals surface area contributed by atoms with Gasteiger partial charge in [0.2, 0.25) is 0 Å². The summed E-state index contributed by atoms with van der Waals surface area (Å²) in [6.45, 7) is 3.02. The van der Waals surface area contributed by atoms with Gasteiger partial charge in [-0.3, -0.25) is 0 Å². The highest BCUT2D eigenvalue weighted by Gasteiger charge is 2.34. The number of hydrogen-bond acceptors (Lipinski definition) is 3. The Bertz CT molecular complexity index is 468. The van der Waals surface area contributed by atoms with Crippen LogP contribution in [0.1, 0.15) is 23.1 Å². The minimum absolute atomic E-state index is 0.0489. The fourth-order valence-electron chi connectivity index (χ4n) is 2.28. The fourth-order valence-corrected chi connectivity index (χ4v) is 2.28. The van der Waals surface area contributed by atoms with Crippen LogP contribution in [0, 0.1) is 6.92 Å². The van der Waals surface area contributed by atoms with Crippen LogP contribution in [0.15, 0.2) is 18.2 Å². The Morgan fingerprint density at radius 1 is 1.40 bits per heavy atom. The number of aliphatic hydroxyl groups excluding tert-OH is 1. The Morgan fingerprint density at radius 2 is 2.15 bits per heavy atom. The maximum absolute atomic E-state index is 12.6. The largest absolute Gasteiger partial charge is 0.416 e. The predicted molar refractivity (Wildman–Crippen MR) is 68.3 cm³/mol. The van der Waals surface area contributed by atoms with Crippen molar-refractivity contribution in [1.82, 2.24) is 5.32 Å². The summed E-state index contributed by atoms with van der Waals surface area (Å²) in [7, 11) is 0. The van der Waals surface area contributed by atoms with E-state index in [1.54, 1.807) is 6.92 Å². The quantitative estimate of drug-likeness (QED) is 0.893. The van der Waals surface area contributed by atoms with Crippen molar-refractivity contribution in [3.63, 3.8) is 0 Å². The van der Waals surface area contributed by atoms with E-state index < -0.39 is 17.3 Å². The van der Waals surface area contributed by atoms with Crippen molar-refractivity contribution in [3.05, 3.63) is 34.9 Å². The number of ether oxygens (including phenoxy) is 1. The van der Waals surface area contributed by atoms with Gasteiger partial charge in [-0.15, -0.1) is 0 Å². The van der Waals surface area contributed by atoms with E-state index >= 15 is 0 Å². The number of aliphatic hydroxyl groups is 1. The third kappa shape index (κ3) is 3.31. The number of hydrogen-bond donors (Lipinski definition) is 2. The normalized spacial score (nSPS) is 23.2. The van der Waals surface area contributed by atoms with Crippen LogP contribution in [0.3, 0.4) is 0 Å². The molecule has 3 nitrogen and oxygen atoms in total. The van der Waals surface area contributed by atoms with Crippen molar-refractivity contribution >= 4 is 0 Å². The van der Waals surface area contributed by atoms with E-state index in [1.807, 2.05) is 0 Å². The molecule has 2 N–H and O–H groups in total. The SMILES string of the molecule is Cc1cc(C(F)(F)F)ccc1CNC1(CO)CCOC1. The highest BCUT2D eigenvalue weighted by Crippen LogP contribution is 2.30. The second kappa shape index (κ2) is 5.71. The second-order valence-electron chi connectivity index (χ2n) is 5.23. The second-order valence-corrected chi connectivity index (χ2v) is 5.23. The third-order valence-electron chi connectivity index (χ3n) is 3.73. The van der Waals surface area contributed by atoms with E-state index in [0.717, 1.165) is 17.7 Å². The first-order valence-corrected chi connectivity index (χ1v) is 6.47. The number of benzene rings is 1. The van der Waals surface area contributed by atoms with Gasteiger partial charge in [0, 0.05) is 13.2 Å². The zero-order valence-electron chi connectivity index (χ0n) is 11.3. The number of rotatable bonds is 4. The minimum Gasteiger partial charge on any atom is -0.394 e. The molecular formula is C14H18F3NO2. The number of halogens is 3. The Hall–Kier alpha value is -1.11. The molecule has 0 aliphatic carbocycles. The summed E-state index contributed by atoms with van der Waals surface area (Å²) in [5.74, 6) is 0. The van der Waals surface area contributed by atoms with E-state index in [2.05, 4.69) is 5.32 Å². The Labute approximate surface area is 115 Å². The minimum atomic E-state index is -4.32. The summed E-state index contributed by atoms with van der Waals surface area (Å²) in [5, 5.41) is 12.6. The molecule has 1 saturated heterocycles. The van der Waals surface area contributed by atoms with Crippen LogP contribution in [0.2, 0.25) is 0 Å². The van der Waals surface area contributed by atoms with Gasteiger partial charge in [0.25, 0.3) is 0 Å². The number of aryl methyl sites for hydroxylation is 1. The van der Waals surface area contributed by atoms with E-state index in [-0.39, 0.29) is 6.61 Å². The molecule has 1 aromatic carbocycles. The zero-order valence-corrected chi connectivity index (χ0v) is 11.3. The summed E-state index contributed by atoms with van der Waals surface area (Å²) in [5.41, 5.74) is 0.256. The maximum Gasteiger partial charge on any atom is 0.416 e. The van der Waals surface area contributed by atoms with Gasteiger partial charge in [-0.25, -0.2) is 0 Å². The Kier molecular flexibility index (Phi) is 4.36. The lowest BCUT2D eigenvalue weighted by molar-refractivity contribution is -0.137. The molecule has 0 radical (unpaired) electrons. The highest BCUT2D eigenvalue weighted by atomic mass is 19.4. The van der Waals surface area contributed by atoms with Crippen molar-refractivity contribution in [2.24, 2.45) is 0 Å². The first kappa shape index (κ1) is 15.3. The molecule has 1 unspecified atom stereocenters. The molecule has 6 heteroatoms. The van der Waals surface area contributed by atoms with Gasteiger partial charge in [0.05, 0.1) is 24.3 Å². The molecule has 1 aromatic rings. The zero-order chi connectivity index (χ0) is 14.8. The van der Waals surface area contributed by atoms with Crippen LogP contribution in [0.25, 0.3) is 0 Å². The lowest BCUT2D eigenvalue weighted by Crippen LogP contribution is -2.48. The Balaban J connectivity index is 2.07. The van der Waals surface area contributed by atoms with Gasteiger partial charge < -0.3 is 15.2 Å². The summed E-state index contributed by atoms with van der Waals surface area (Å²) < 4.78 is 43.0. The van der Waals surface area contributed by atoms with Crippen LogP contribution in [-0.2, 0) is 17.5 Å². The molecule has 1 atom stereocenters. The van der Waals surface area contributed by atoms with Gasteiger partial charge >= 0.3 is 6.18 Å². The van der Waals surface area contributed by atoms with E-state index in [1.165, 1.54) is 6.07 Å². The summed E-state index contributed by atoms with van der Waals surface area (Å²) in [6, 6.07) is 3.71. The Morgan fingerprint density at radius 3 is 2.65 bits per heavy atom. The average molecular weight is 289 g/mol. The number of alkyl halides is 3. The molecule has 0 saturated carbocycles. The molecule has 1 aliphatic rings. The van der Waals surface area contributed by atoms with Gasteiger partial charge in [-0.1, -0.05) is 6.07 Å². The van der Waals surface area contributed by atoms with Gasteiger partial charge in [-0.05, 0) is 36.6 Å². The van der Waals surface area contributed by atoms with Gasteiger partial charge in [0.1, 0.15) is 0 Å². The van der Waals surface area contributed by atoms with E-state index in [9.17, 15) is 18.3 Å². The maximum atomic E-state index is 12.6. The molecule has 0 aromatic heterocycles. The molecule has 112 valence electrons. The average Bonchev–Trinajstić information content (AvgIpc) is 2.85. The lowest BCUT2D eigenvalue weighted by Gasteiger charge is -2.27. The molecule has 1 heterocycles. The van der Waals surface area contributed by atoms with Gasteiger partial charge in [-0.2, -0.15) is 13.2 Å². The molecule has 0 spiro atoms. The van der Waals surface area contributed by atoms with Crippen molar-refractivity contribution in [2.75, 3.05) is 19.8 Å². The molecular weight excluding hydrogens is 271 g/mol. The molecule has 1 aliphatic heterocycles. The van der Waals surface area contributed by atoms with Crippen LogP contribution < -0.4 is 5.32 Å². The standard InChI is InChI=1S/C14H18F3NO2/c1-10-6-12(14(15,16)17)3-2-11(10)7-18-13(8-19)4-5-20-9-13/h2-3,6,18-19H,4-5,7-9H2,1H3. The highest BCUT2D eigenvalue weighted by molar-refractivity contribution is 5.32. The summed E-state index contributed by atoms with van der Waals surface area (Å²) in [6.07, 6.45) is -3.62. The van der Waals surface area contributed by atoms with Crippen LogP contribution in [0.5, 0.6) is 0 Å². The van der Waals surface area contributed by atoms with E-state index in [4.69, 9.17) is 4.74 Å². The van der Waals surface area contributed by atoms with Crippen molar-refractivity contribution in [3.8, 4) is 0 Å². The first-order chi connectivity index (χ1) is 9.36.